The number of rotatable bonds is 0. The number of nitrogens with zero attached hydrogens (tertiary/aromatic N) is 1. The van der Waals surface area contributed by atoms with Crippen molar-refractivity contribution in [2.45, 2.75) is 0 Å². The molecule has 0 atom stereocenters. The number of anilines is 1. The molecule has 0 saturated heterocycles. The molecule has 1 aromatic carbocycles. The fraction of sp³-hybridized carbons (Fsp3) is 0.222. The largest absolute Gasteiger partial charge is 0.490 e. The highest BCUT2D eigenvalue weighted by atomic mass is 79.9. The van der Waals surface area contributed by atoms with Gasteiger partial charge in [0.25, 0.3) is 0 Å². The number of fused-ring (bicyclic) bond motifs is 1. The molecule has 0 unspecified atom stereocenters. The number of halogens is 1. The van der Waals surface area contributed by atoms with Crippen LogP contribution in [-0.4, -0.2) is 24.4 Å². The van der Waals surface area contributed by atoms with Gasteiger partial charge in [0.2, 0.25) is 0 Å². The predicted molar refractivity (Wildman–Crippen MR) is 55.0 cm³/mol. The second kappa shape index (κ2) is 3.49. The Bertz CT molecular complexity index is 380. The summed E-state index contributed by atoms with van der Waals surface area (Å²) in [6.07, 6.45) is -0.951. The molecule has 0 fully saturated rings. The van der Waals surface area contributed by atoms with Crippen LogP contribution in [0.5, 0.6) is 5.75 Å². The molecular weight excluding hydrogens is 250 g/mol. The van der Waals surface area contributed by atoms with Gasteiger partial charge in [-0.05, 0) is 18.2 Å². The van der Waals surface area contributed by atoms with Gasteiger partial charge >= 0.3 is 6.09 Å². The zero-order chi connectivity index (χ0) is 10.1. The molecule has 5 heteroatoms. The van der Waals surface area contributed by atoms with Gasteiger partial charge in [0, 0.05) is 4.47 Å². The van der Waals surface area contributed by atoms with Crippen LogP contribution < -0.4 is 9.64 Å². The smallest absolute Gasteiger partial charge is 0.412 e. The highest BCUT2D eigenvalue weighted by Gasteiger charge is 2.22. The van der Waals surface area contributed by atoms with Crippen molar-refractivity contribution in [1.29, 1.82) is 0 Å². The molecule has 1 aliphatic rings. The van der Waals surface area contributed by atoms with Crippen LogP contribution in [0.15, 0.2) is 22.7 Å². The standard InChI is InChI=1S/C9H8BrNO3/c10-6-1-2-8-7(5-6)11(9(12)13)3-4-14-8/h1-2,5H,3-4H2,(H,12,13). The second-order valence-electron chi connectivity index (χ2n) is 2.89. The van der Waals surface area contributed by atoms with Crippen molar-refractivity contribution in [3.8, 4) is 5.75 Å². The maximum atomic E-state index is 10.9. The molecule has 0 radical (unpaired) electrons. The van der Waals surface area contributed by atoms with E-state index < -0.39 is 6.09 Å². The van der Waals surface area contributed by atoms with Crippen molar-refractivity contribution in [3.05, 3.63) is 22.7 Å². The summed E-state index contributed by atoms with van der Waals surface area (Å²) in [5.74, 6) is 0.613. The first-order chi connectivity index (χ1) is 6.68. The molecule has 0 saturated carbocycles. The zero-order valence-electron chi connectivity index (χ0n) is 7.24. The van der Waals surface area contributed by atoms with E-state index in [0.717, 1.165) is 4.47 Å². The molecule has 0 aliphatic carbocycles. The molecule has 14 heavy (non-hydrogen) atoms. The van der Waals surface area contributed by atoms with E-state index in [4.69, 9.17) is 9.84 Å². The van der Waals surface area contributed by atoms with Crippen LogP contribution in [0.4, 0.5) is 10.5 Å². The van der Waals surface area contributed by atoms with Gasteiger partial charge in [0.15, 0.2) is 0 Å². The van der Waals surface area contributed by atoms with E-state index in [1.165, 1.54) is 4.90 Å². The monoisotopic (exact) mass is 257 g/mol. The first kappa shape index (κ1) is 9.33. The van der Waals surface area contributed by atoms with Crippen LogP contribution >= 0.6 is 15.9 Å². The molecule has 0 spiro atoms. The summed E-state index contributed by atoms with van der Waals surface area (Å²) in [5, 5.41) is 8.93. The maximum absolute atomic E-state index is 10.9. The van der Waals surface area contributed by atoms with Crippen molar-refractivity contribution in [2.24, 2.45) is 0 Å². The summed E-state index contributed by atoms with van der Waals surface area (Å²) in [5.41, 5.74) is 0.595. The SMILES string of the molecule is O=C(O)N1CCOc2ccc(Br)cc21. The van der Waals surface area contributed by atoms with Crippen LogP contribution in [0.2, 0.25) is 0 Å². The molecular formula is C9H8BrNO3. The third-order valence-electron chi connectivity index (χ3n) is 2.02. The molecule has 0 bridgehead atoms. The normalized spacial score (nSPS) is 14.5. The van der Waals surface area contributed by atoms with E-state index in [-0.39, 0.29) is 0 Å². The van der Waals surface area contributed by atoms with Gasteiger partial charge in [-0.3, -0.25) is 4.90 Å². The number of amides is 1. The van der Waals surface area contributed by atoms with E-state index in [1.54, 1.807) is 12.1 Å². The lowest BCUT2D eigenvalue weighted by Gasteiger charge is -2.27. The Labute approximate surface area is 89.2 Å². The minimum absolute atomic E-state index is 0.374. The summed E-state index contributed by atoms with van der Waals surface area (Å²) in [4.78, 5) is 12.2. The Morgan fingerprint density at radius 3 is 3.07 bits per heavy atom. The van der Waals surface area contributed by atoms with Gasteiger partial charge in [-0.15, -0.1) is 0 Å². The molecule has 74 valence electrons. The molecule has 1 aliphatic heterocycles. The topological polar surface area (TPSA) is 49.8 Å². The highest BCUT2D eigenvalue weighted by molar-refractivity contribution is 9.10. The predicted octanol–water partition coefficient (Wildman–Crippen LogP) is 2.33. The molecule has 1 aromatic rings. The van der Waals surface area contributed by atoms with Gasteiger partial charge in [-0.2, -0.15) is 0 Å². The molecule has 4 nitrogen and oxygen atoms in total. The van der Waals surface area contributed by atoms with E-state index in [2.05, 4.69) is 15.9 Å². The lowest BCUT2D eigenvalue weighted by molar-refractivity contribution is 0.196. The van der Waals surface area contributed by atoms with E-state index in [0.29, 0.717) is 24.6 Å². The third kappa shape index (κ3) is 1.55. The van der Waals surface area contributed by atoms with Crippen LogP contribution in [0.3, 0.4) is 0 Å². The summed E-state index contributed by atoms with van der Waals surface area (Å²) >= 11 is 3.29. The minimum Gasteiger partial charge on any atom is -0.490 e. The number of hydrogen-bond donors (Lipinski definition) is 1. The van der Waals surface area contributed by atoms with Crippen molar-refractivity contribution >= 4 is 27.7 Å². The molecule has 1 amide bonds. The van der Waals surface area contributed by atoms with Crippen molar-refractivity contribution in [1.82, 2.24) is 0 Å². The summed E-state index contributed by atoms with van der Waals surface area (Å²) < 4.78 is 6.17. The first-order valence-electron chi connectivity index (χ1n) is 4.11. The van der Waals surface area contributed by atoms with Crippen LogP contribution in [0, 0.1) is 0 Å². The number of carboxylic acid groups (broad SMARTS) is 1. The van der Waals surface area contributed by atoms with E-state index in [9.17, 15) is 4.79 Å². The van der Waals surface area contributed by atoms with Crippen molar-refractivity contribution in [3.63, 3.8) is 0 Å². The third-order valence-corrected chi connectivity index (χ3v) is 2.51. The molecule has 1 heterocycles. The second-order valence-corrected chi connectivity index (χ2v) is 3.81. The fourth-order valence-corrected chi connectivity index (χ4v) is 1.74. The molecule has 1 N–H and O–H groups in total. The first-order valence-corrected chi connectivity index (χ1v) is 4.90. The van der Waals surface area contributed by atoms with Crippen molar-refractivity contribution in [2.75, 3.05) is 18.1 Å². The Morgan fingerprint density at radius 1 is 1.57 bits per heavy atom. The Morgan fingerprint density at radius 2 is 2.36 bits per heavy atom. The number of ether oxygens (including phenoxy) is 1. The van der Waals surface area contributed by atoms with Crippen LogP contribution in [0.1, 0.15) is 0 Å². The van der Waals surface area contributed by atoms with E-state index in [1.807, 2.05) is 6.07 Å². The number of carbonyl (C=O) groups is 1. The Hall–Kier alpha value is -1.23. The molecule has 0 aromatic heterocycles. The molecule has 2 rings (SSSR count). The lowest BCUT2D eigenvalue weighted by Crippen LogP contribution is -2.36. The average molecular weight is 258 g/mol. The van der Waals surface area contributed by atoms with Gasteiger partial charge in [0.05, 0.1) is 12.2 Å². The summed E-state index contributed by atoms with van der Waals surface area (Å²) in [6, 6.07) is 5.32. The zero-order valence-corrected chi connectivity index (χ0v) is 8.82. The van der Waals surface area contributed by atoms with Gasteiger partial charge in [0.1, 0.15) is 12.4 Å². The lowest BCUT2D eigenvalue weighted by atomic mass is 10.2. The average Bonchev–Trinajstić information content (AvgIpc) is 2.16. The summed E-state index contributed by atoms with van der Waals surface area (Å²) in [7, 11) is 0. The Kier molecular flexibility index (Phi) is 2.33. The number of hydrogen-bond acceptors (Lipinski definition) is 2. The quantitative estimate of drug-likeness (QED) is 0.776. The maximum Gasteiger partial charge on any atom is 0.412 e. The van der Waals surface area contributed by atoms with Gasteiger partial charge < -0.3 is 9.84 Å². The van der Waals surface area contributed by atoms with Crippen LogP contribution in [-0.2, 0) is 0 Å². The van der Waals surface area contributed by atoms with E-state index >= 15 is 0 Å². The summed E-state index contributed by atoms with van der Waals surface area (Å²) in [6.45, 7) is 0.777. The van der Waals surface area contributed by atoms with Gasteiger partial charge in [-0.1, -0.05) is 15.9 Å². The van der Waals surface area contributed by atoms with Crippen molar-refractivity contribution < 1.29 is 14.6 Å². The minimum atomic E-state index is -0.951. The Balaban J connectivity index is 2.46. The highest BCUT2D eigenvalue weighted by Crippen LogP contribution is 2.33. The van der Waals surface area contributed by atoms with Gasteiger partial charge in [-0.25, -0.2) is 4.79 Å². The number of benzene rings is 1. The van der Waals surface area contributed by atoms with Crippen LogP contribution in [0.25, 0.3) is 0 Å². The fourth-order valence-electron chi connectivity index (χ4n) is 1.39.